The van der Waals surface area contributed by atoms with Gasteiger partial charge in [-0.15, -0.1) is 0 Å². The number of H-pyrrole nitrogens is 1. The number of carbonyl (C=O) groups excluding carboxylic acids is 2. The van der Waals surface area contributed by atoms with Crippen LogP contribution in [0.3, 0.4) is 0 Å². The van der Waals surface area contributed by atoms with Gasteiger partial charge in [-0.3, -0.25) is 14.6 Å². The molecule has 1 fully saturated rings. The minimum Gasteiger partial charge on any atom is -0.508 e. The lowest BCUT2D eigenvalue weighted by Crippen LogP contribution is -2.44. The van der Waals surface area contributed by atoms with Crippen LogP contribution >= 0.6 is 11.6 Å². The van der Waals surface area contributed by atoms with Gasteiger partial charge in [-0.2, -0.15) is 0 Å². The topological polar surface area (TPSA) is 88.7 Å². The van der Waals surface area contributed by atoms with Crippen LogP contribution in [0.4, 0.5) is 9.18 Å². The largest absolute Gasteiger partial charge is 0.508 e. The van der Waals surface area contributed by atoms with Crippen molar-refractivity contribution in [2.45, 2.75) is 38.8 Å². The van der Waals surface area contributed by atoms with E-state index in [1.165, 1.54) is 11.0 Å². The van der Waals surface area contributed by atoms with Crippen LogP contribution in [-0.4, -0.2) is 57.5 Å². The van der Waals surface area contributed by atoms with E-state index in [0.717, 1.165) is 17.5 Å². The van der Waals surface area contributed by atoms with Gasteiger partial charge in [-0.25, -0.2) is 9.18 Å². The van der Waals surface area contributed by atoms with Crippen molar-refractivity contribution in [3.05, 3.63) is 64.1 Å². The molecule has 0 bridgehead atoms. The zero-order valence-corrected chi connectivity index (χ0v) is 20.4. The quantitative estimate of drug-likeness (QED) is 0.328. The second-order valence-corrected chi connectivity index (χ2v) is 10.1. The summed E-state index contributed by atoms with van der Waals surface area (Å²) in [6, 6.07) is 7.88. The predicted molar refractivity (Wildman–Crippen MR) is 132 cm³/mol. The number of rotatable bonds is 7. The molecule has 9 heteroatoms. The Morgan fingerprint density at radius 2 is 2.06 bits per heavy atom. The highest BCUT2D eigenvalue weighted by Crippen LogP contribution is 2.45. The van der Waals surface area contributed by atoms with Crippen molar-refractivity contribution < 1.29 is 19.1 Å². The smallest absolute Gasteiger partial charge is 0.328 e. The van der Waals surface area contributed by atoms with Crippen LogP contribution in [0.2, 0.25) is 5.02 Å². The SMILES string of the molecule is CC(C)CNCCCN1C(=O)[C@@H]2Cc3c([nH]c4cc(F)c(Cl)cc34)C(c3cccc(O)c3)N2C1=O. The summed E-state index contributed by atoms with van der Waals surface area (Å²) in [6.45, 7) is 6.17. The number of phenolic OH excluding ortho intramolecular Hbond substituents is 1. The highest BCUT2D eigenvalue weighted by molar-refractivity contribution is 6.31. The summed E-state index contributed by atoms with van der Waals surface area (Å²) in [6.07, 6.45) is 0.962. The first-order chi connectivity index (χ1) is 16.8. The third-order valence-electron chi connectivity index (χ3n) is 6.74. The molecule has 3 aromatic rings. The molecule has 1 saturated heterocycles. The normalized spacial score (nSPS) is 19.7. The predicted octanol–water partition coefficient (Wildman–Crippen LogP) is 4.58. The molecule has 0 spiro atoms. The molecule has 1 unspecified atom stereocenters. The Hall–Kier alpha value is -3.10. The summed E-state index contributed by atoms with van der Waals surface area (Å²) in [7, 11) is 0. The first-order valence-electron chi connectivity index (χ1n) is 11.9. The van der Waals surface area contributed by atoms with Crippen LogP contribution in [-0.2, 0) is 11.2 Å². The summed E-state index contributed by atoms with van der Waals surface area (Å²) >= 11 is 6.08. The van der Waals surface area contributed by atoms with Crippen molar-refractivity contribution in [3.63, 3.8) is 0 Å². The van der Waals surface area contributed by atoms with Crippen molar-refractivity contribution in [2.24, 2.45) is 5.92 Å². The second-order valence-electron chi connectivity index (χ2n) is 9.68. The number of fused-ring (bicyclic) bond motifs is 4. The molecule has 3 heterocycles. The number of urea groups is 1. The number of aromatic amines is 1. The van der Waals surface area contributed by atoms with Gasteiger partial charge in [0.25, 0.3) is 5.91 Å². The Balaban J connectivity index is 1.53. The van der Waals surface area contributed by atoms with E-state index in [-0.39, 0.29) is 22.7 Å². The number of hydrogen-bond acceptors (Lipinski definition) is 4. The summed E-state index contributed by atoms with van der Waals surface area (Å²) in [5.74, 6) is -0.205. The number of hydrogen-bond donors (Lipinski definition) is 3. The maximum Gasteiger partial charge on any atom is 0.328 e. The van der Waals surface area contributed by atoms with Gasteiger partial charge < -0.3 is 15.4 Å². The molecule has 2 aromatic carbocycles. The molecule has 2 atom stereocenters. The average molecular weight is 499 g/mol. The molecular formula is C26H28ClFN4O3. The fourth-order valence-corrected chi connectivity index (χ4v) is 5.34. The van der Waals surface area contributed by atoms with Crippen molar-refractivity contribution in [1.82, 2.24) is 20.1 Å². The van der Waals surface area contributed by atoms with Gasteiger partial charge in [0, 0.05) is 29.6 Å². The fourth-order valence-electron chi connectivity index (χ4n) is 5.17. The molecule has 0 aliphatic carbocycles. The van der Waals surface area contributed by atoms with E-state index < -0.39 is 17.9 Å². The first kappa shape index (κ1) is 23.6. The van der Waals surface area contributed by atoms with Gasteiger partial charge in [0.1, 0.15) is 23.7 Å². The molecule has 5 rings (SSSR count). The van der Waals surface area contributed by atoms with Crippen LogP contribution in [0.25, 0.3) is 10.9 Å². The van der Waals surface area contributed by atoms with E-state index in [2.05, 4.69) is 24.1 Å². The zero-order valence-electron chi connectivity index (χ0n) is 19.6. The molecule has 1 aromatic heterocycles. The summed E-state index contributed by atoms with van der Waals surface area (Å²) < 4.78 is 14.2. The number of amides is 3. The first-order valence-corrected chi connectivity index (χ1v) is 12.3. The number of aromatic nitrogens is 1. The Labute approximate surface area is 207 Å². The van der Waals surface area contributed by atoms with E-state index >= 15 is 0 Å². The lowest BCUT2D eigenvalue weighted by atomic mass is 9.89. The molecular weight excluding hydrogens is 471 g/mol. The average Bonchev–Trinajstić information content (AvgIpc) is 3.27. The molecule has 7 nitrogen and oxygen atoms in total. The van der Waals surface area contributed by atoms with Crippen LogP contribution in [0.15, 0.2) is 36.4 Å². The number of aromatic hydroxyl groups is 1. The molecule has 2 aliphatic rings. The molecule has 184 valence electrons. The van der Waals surface area contributed by atoms with Crippen LogP contribution in [0.1, 0.15) is 43.1 Å². The van der Waals surface area contributed by atoms with Gasteiger partial charge in [0.05, 0.1) is 5.02 Å². The van der Waals surface area contributed by atoms with Gasteiger partial charge >= 0.3 is 6.03 Å². The Bertz CT molecular complexity index is 1310. The van der Waals surface area contributed by atoms with E-state index in [0.29, 0.717) is 48.6 Å². The van der Waals surface area contributed by atoms with Crippen LogP contribution in [0.5, 0.6) is 5.75 Å². The van der Waals surface area contributed by atoms with E-state index in [9.17, 15) is 19.1 Å². The maximum atomic E-state index is 14.2. The van der Waals surface area contributed by atoms with Gasteiger partial charge in [-0.1, -0.05) is 37.6 Å². The highest BCUT2D eigenvalue weighted by Gasteiger charge is 2.52. The van der Waals surface area contributed by atoms with E-state index in [1.807, 2.05) is 6.07 Å². The van der Waals surface area contributed by atoms with Crippen molar-refractivity contribution in [3.8, 4) is 5.75 Å². The van der Waals surface area contributed by atoms with Gasteiger partial charge in [-0.05, 0) is 60.8 Å². The van der Waals surface area contributed by atoms with E-state index in [4.69, 9.17) is 11.6 Å². The maximum absolute atomic E-state index is 14.2. The lowest BCUT2D eigenvalue weighted by Gasteiger charge is -2.36. The van der Waals surface area contributed by atoms with Crippen molar-refractivity contribution >= 4 is 34.4 Å². The zero-order chi connectivity index (χ0) is 24.9. The fraction of sp³-hybridized carbons (Fsp3) is 0.385. The molecule has 2 aliphatic heterocycles. The summed E-state index contributed by atoms with van der Waals surface area (Å²) in [4.78, 5) is 33.2. The van der Waals surface area contributed by atoms with Crippen LogP contribution in [0, 0.1) is 11.7 Å². The van der Waals surface area contributed by atoms with Gasteiger partial charge in [0.2, 0.25) is 0 Å². The monoisotopic (exact) mass is 498 g/mol. The van der Waals surface area contributed by atoms with Crippen molar-refractivity contribution in [1.29, 1.82) is 0 Å². The Morgan fingerprint density at radius 1 is 1.26 bits per heavy atom. The lowest BCUT2D eigenvalue weighted by molar-refractivity contribution is -0.128. The minimum atomic E-state index is -0.686. The number of carbonyl (C=O) groups is 2. The number of phenols is 1. The second kappa shape index (κ2) is 9.17. The minimum absolute atomic E-state index is 0.0000147. The Kier molecular flexibility index (Phi) is 6.19. The molecule has 3 N–H and O–H groups in total. The van der Waals surface area contributed by atoms with E-state index in [1.54, 1.807) is 29.2 Å². The summed E-state index contributed by atoms with van der Waals surface area (Å²) in [5, 5.41) is 14.2. The third kappa shape index (κ3) is 4.15. The highest BCUT2D eigenvalue weighted by atomic mass is 35.5. The molecule has 0 saturated carbocycles. The number of benzene rings is 2. The Morgan fingerprint density at radius 3 is 2.80 bits per heavy atom. The number of nitrogens with zero attached hydrogens (tertiary/aromatic N) is 2. The third-order valence-corrected chi connectivity index (χ3v) is 7.03. The van der Waals surface area contributed by atoms with Gasteiger partial charge in [0.15, 0.2) is 0 Å². The number of imide groups is 1. The standard InChI is InChI=1S/C26H28ClFN4O3/c1-14(2)13-29-7-4-8-31-25(34)22-11-18-17-10-19(27)20(28)12-21(17)30-23(18)24(32(22)26(31)35)15-5-3-6-16(33)9-15/h3,5-6,9-10,12,14,22,24,29-30,33H,4,7-8,11,13H2,1-2H3/t22-,24?/m0/s1. The van der Waals surface area contributed by atoms with Crippen LogP contribution < -0.4 is 5.32 Å². The summed E-state index contributed by atoms with van der Waals surface area (Å²) in [5.41, 5.74) is 2.75. The van der Waals surface area contributed by atoms with Crippen molar-refractivity contribution in [2.75, 3.05) is 19.6 Å². The molecule has 3 amide bonds. The molecule has 0 radical (unpaired) electrons. The number of halogens is 2. The number of nitrogens with one attached hydrogen (secondary N) is 2. The molecule has 35 heavy (non-hydrogen) atoms.